The van der Waals surface area contributed by atoms with E-state index in [2.05, 4.69) is 0 Å². The molecule has 1 aromatic rings. The quantitative estimate of drug-likeness (QED) is 0.641. The average Bonchev–Trinajstić information content (AvgIpc) is 2.43. The van der Waals surface area contributed by atoms with Crippen molar-refractivity contribution in [3.63, 3.8) is 0 Å². The van der Waals surface area contributed by atoms with Gasteiger partial charge in [-0.3, -0.25) is 0 Å². The van der Waals surface area contributed by atoms with Crippen molar-refractivity contribution < 1.29 is 5.11 Å². The summed E-state index contributed by atoms with van der Waals surface area (Å²) in [4.78, 5) is 0. The Hall–Kier alpha value is -0.340. The first-order valence-corrected chi connectivity index (χ1v) is 3.99. The molecule has 0 atom stereocenters. The first kappa shape index (κ1) is 8.66. The van der Waals surface area contributed by atoms with Gasteiger partial charge in [0.25, 0.3) is 0 Å². The van der Waals surface area contributed by atoms with E-state index in [0.717, 1.165) is 5.56 Å². The van der Waals surface area contributed by atoms with Crippen molar-refractivity contribution in [2.75, 3.05) is 0 Å². The Morgan fingerprint density at radius 1 is 1.56 bits per heavy atom. The van der Waals surface area contributed by atoms with Crippen LogP contribution in [0, 0.1) is 0 Å². The summed E-state index contributed by atoms with van der Waals surface area (Å²) in [7, 11) is 0. The summed E-state index contributed by atoms with van der Waals surface area (Å²) in [5.74, 6) is 0. The zero-order chi connectivity index (χ0) is 7.11. The minimum atomic E-state index is 0.170. The maximum absolute atomic E-state index is 8.43. The third-order valence-corrected chi connectivity index (χ3v) is 1.49. The number of aliphatic hydroxyl groups is 1. The van der Waals surface area contributed by atoms with E-state index >= 15 is 0 Å². The molecule has 0 unspecified atom stereocenters. The third-order valence-electron chi connectivity index (χ3n) is 0.763. The van der Waals surface area contributed by atoms with Crippen molar-refractivity contribution in [3.05, 3.63) is 22.4 Å². The Kier molecular flexibility index (Phi) is 5.57. The Labute approximate surface area is 60.0 Å². The number of aliphatic hydroxyl groups excluding tert-OH is 1. The Morgan fingerprint density at radius 2 is 2.22 bits per heavy atom. The number of hydrogen-bond acceptors (Lipinski definition) is 2. The average molecular weight is 144 g/mol. The van der Waals surface area contributed by atoms with Crippen molar-refractivity contribution in [2.24, 2.45) is 0 Å². The Balaban J connectivity index is 0.000000291. The van der Waals surface area contributed by atoms with Gasteiger partial charge >= 0.3 is 0 Å². The molecular weight excluding hydrogens is 132 g/mol. The number of rotatable bonds is 1. The largest absolute Gasteiger partial charge is 0.392 e. The van der Waals surface area contributed by atoms with Gasteiger partial charge in [-0.25, -0.2) is 0 Å². The van der Waals surface area contributed by atoms with Crippen molar-refractivity contribution in [1.29, 1.82) is 0 Å². The van der Waals surface area contributed by atoms with E-state index in [1.54, 1.807) is 11.3 Å². The van der Waals surface area contributed by atoms with E-state index < -0.39 is 0 Å². The Morgan fingerprint density at radius 3 is 2.44 bits per heavy atom. The molecule has 52 valence electrons. The van der Waals surface area contributed by atoms with Gasteiger partial charge in [0.2, 0.25) is 0 Å². The van der Waals surface area contributed by atoms with E-state index in [9.17, 15) is 0 Å². The van der Waals surface area contributed by atoms with Gasteiger partial charge < -0.3 is 5.11 Å². The van der Waals surface area contributed by atoms with Crippen molar-refractivity contribution >= 4 is 11.3 Å². The monoisotopic (exact) mass is 144 g/mol. The van der Waals surface area contributed by atoms with E-state index in [1.807, 2.05) is 30.7 Å². The molecule has 0 aliphatic rings. The zero-order valence-corrected chi connectivity index (χ0v) is 6.61. The topological polar surface area (TPSA) is 20.2 Å². The molecule has 2 heteroatoms. The van der Waals surface area contributed by atoms with Crippen LogP contribution in [0.1, 0.15) is 19.4 Å². The van der Waals surface area contributed by atoms with Crippen LogP contribution in [-0.4, -0.2) is 5.11 Å². The van der Waals surface area contributed by atoms with Crippen LogP contribution in [0.5, 0.6) is 0 Å². The van der Waals surface area contributed by atoms with Gasteiger partial charge in [0.05, 0.1) is 6.61 Å². The van der Waals surface area contributed by atoms with Crippen LogP contribution in [-0.2, 0) is 6.61 Å². The minimum absolute atomic E-state index is 0.170. The van der Waals surface area contributed by atoms with Gasteiger partial charge in [0.1, 0.15) is 0 Å². The predicted octanol–water partition coefficient (Wildman–Crippen LogP) is 2.27. The van der Waals surface area contributed by atoms with E-state index in [0.29, 0.717) is 0 Å². The minimum Gasteiger partial charge on any atom is -0.392 e. The molecule has 0 aromatic carbocycles. The van der Waals surface area contributed by atoms with Crippen LogP contribution < -0.4 is 0 Å². The predicted molar refractivity (Wildman–Crippen MR) is 41.6 cm³/mol. The highest BCUT2D eigenvalue weighted by atomic mass is 32.1. The zero-order valence-electron chi connectivity index (χ0n) is 5.79. The van der Waals surface area contributed by atoms with Crippen LogP contribution >= 0.6 is 11.3 Å². The molecule has 9 heavy (non-hydrogen) atoms. The third kappa shape index (κ3) is 3.27. The normalized spacial score (nSPS) is 7.89. The van der Waals surface area contributed by atoms with Gasteiger partial charge in [0, 0.05) is 0 Å². The molecule has 0 fully saturated rings. The van der Waals surface area contributed by atoms with E-state index in [1.165, 1.54) is 0 Å². The fraction of sp³-hybridized carbons (Fsp3) is 0.429. The lowest BCUT2D eigenvalue weighted by molar-refractivity contribution is 0.282. The fourth-order valence-corrected chi connectivity index (χ4v) is 1.04. The molecule has 0 radical (unpaired) electrons. The van der Waals surface area contributed by atoms with Gasteiger partial charge in [-0.2, -0.15) is 11.3 Å². The van der Waals surface area contributed by atoms with E-state index in [-0.39, 0.29) is 6.61 Å². The Bertz CT molecular complexity index is 123. The molecule has 0 aliphatic heterocycles. The summed E-state index contributed by atoms with van der Waals surface area (Å²) in [6, 6.07) is 1.91. The first-order valence-electron chi connectivity index (χ1n) is 3.05. The van der Waals surface area contributed by atoms with Gasteiger partial charge in [-0.15, -0.1) is 0 Å². The van der Waals surface area contributed by atoms with E-state index in [4.69, 9.17) is 5.11 Å². The van der Waals surface area contributed by atoms with Crippen molar-refractivity contribution in [2.45, 2.75) is 20.5 Å². The molecule has 1 nitrogen and oxygen atoms in total. The molecule has 1 aromatic heterocycles. The summed E-state index contributed by atoms with van der Waals surface area (Å²) in [6.07, 6.45) is 0. The summed E-state index contributed by atoms with van der Waals surface area (Å²) >= 11 is 1.60. The second-order valence-corrected chi connectivity index (χ2v) is 2.07. The molecule has 1 rings (SSSR count). The summed E-state index contributed by atoms with van der Waals surface area (Å²) in [5.41, 5.74) is 1.00. The van der Waals surface area contributed by atoms with Gasteiger partial charge in [-0.05, 0) is 22.4 Å². The highest BCUT2D eigenvalue weighted by Gasteiger charge is 1.83. The smallest absolute Gasteiger partial charge is 0.0689 e. The second-order valence-electron chi connectivity index (χ2n) is 1.29. The van der Waals surface area contributed by atoms with Crippen LogP contribution in [0.2, 0.25) is 0 Å². The maximum atomic E-state index is 8.43. The highest BCUT2D eigenvalue weighted by molar-refractivity contribution is 7.07. The lowest BCUT2D eigenvalue weighted by atomic mass is 10.4. The SMILES string of the molecule is CC.OCc1ccsc1. The molecule has 1 N–H and O–H groups in total. The maximum Gasteiger partial charge on any atom is 0.0689 e. The summed E-state index contributed by atoms with van der Waals surface area (Å²) in [5, 5.41) is 12.3. The molecular formula is C7H12OS. The lowest BCUT2D eigenvalue weighted by Crippen LogP contribution is -1.71. The van der Waals surface area contributed by atoms with Crippen LogP contribution in [0.3, 0.4) is 0 Å². The van der Waals surface area contributed by atoms with Gasteiger partial charge in [0.15, 0.2) is 0 Å². The second kappa shape index (κ2) is 5.79. The molecule has 0 spiro atoms. The summed E-state index contributed by atoms with van der Waals surface area (Å²) in [6.45, 7) is 4.17. The lowest BCUT2D eigenvalue weighted by Gasteiger charge is -1.78. The van der Waals surface area contributed by atoms with Gasteiger partial charge in [-0.1, -0.05) is 13.8 Å². The van der Waals surface area contributed by atoms with Crippen molar-refractivity contribution in [3.8, 4) is 0 Å². The molecule has 1 heterocycles. The van der Waals surface area contributed by atoms with Crippen molar-refractivity contribution in [1.82, 2.24) is 0 Å². The number of hydrogen-bond donors (Lipinski definition) is 1. The fourth-order valence-electron chi connectivity index (χ4n) is 0.383. The van der Waals surface area contributed by atoms with Crippen LogP contribution in [0.15, 0.2) is 16.8 Å². The highest BCUT2D eigenvalue weighted by Crippen LogP contribution is 2.03. The van der Waals surface area contributed by atoms with Crippen LogP contribution in [0.4, 0.5) is 0 Å². The first-order chi connectivity index (χ1) is 4.43. The molecule has 0 aliphatic carbocycles. The molecule has 0 saturated heterocycles. The molecule has 0 amide bonds. The van der Waals surface area contributed by atoms with Crippen LogP contribution in [0.25, 0.3) is 0 Å². The number of thiophene rings is 1. The molecule has 0 saturated carbocycles. The standard InChI is InChI=1S/C5H6OS.C2H6/c6-3-5-1-2-7-4-5;1-2/h1-2,4,6H,3H2;1-2H3. The summed E-state index contributed by atoms with van der Waals surface area (Å²) < 4.78 is 0. The molecule has 0 bridgehead atoms.